The number of rotatable bonds is 7. The van der Waals surface area contributed by atoms with Crippen molar-refractivity contribution in [2.45, 2.75) is 51.9 Å². The fourth-order valence-corrected chi connectivity index (χ4v) is 5.02. The zero-order valence-corrected chi connectivity index (χ0v) is 18.8. The number of sulfone groups is 1. The Kier molecular flexibility index (Phi) is 6.92. The minimum absolute atomic E-state index is 0.0729. The maximum atomic E-state index is 12.5. The molecule has 8 nitrogen and oxygen atoms in total. The monoisotopic (exact) mass is 435 g/mol. The summed E-state index contributed by atoms with van der Waals surface area (Å²) in [6.45, 7) is 6.62. The minimum Gasteiger partial charge on any atom is -0.460 e. The van der Waals surface area contributed by atoms with Gasteiger partial charge in [-0.15, -0.1) is 0 Å². The van der Waals surface area contributed by atoms with Gasteiger partial charge in [0.2, 0.25) is 0 Å². The van der Waals surface area contributed by atoms with Crippen LogP contribution in [0.15, 0.2) is 17.1 Å². The molecule has 3 rings (SSSR count). The number of pyridine rings is 1. The molecule has 0 saturated carbocycles. The van der Waals surface area contributed by atoms with Gasteiger partial charge in [-0.2, -0.15) is 9.97 Å². The number of hydrogen-bond acceptors (Lipinski definition) is 7. The summed E-state index contributed by atoms with van der Waals surface area (Å²) in [5, 5.41) is 0. The Hall–Kier alpha value is -2.26. The van der Waals surface area contributed by atoms with Crippen LogP contribution in [0.4, 0.5) is 0 Å². The first kappa shape index (κ1) is 22.4. The highest BCUT2D eigenvalue weighted by Gasteiger charge is 2.22. The van der Waals surface area contributed by atoms with Crippen LogP contribution in [0.5, 0.6) is 6.01 Å². The number of nitrogens with zero attached hydrogens (tertiary/aromatic N) is 3. The summed E-state index contributed by atoms with van der Waals surface area (Å²) in [5.41, 5.74) is 2.90. The van der Waals surface area contributed by atoms with Crippen molar-refractivity contribution >= 4 is 9.84 Å². The van der Waals surface area contributed by atoms with Gasteiger partial charge >= 0.3 is 6.01 Å². The average Bonchev–Trinajstić information content (AvgIpc) is 2.68. The standard InChI is InChI=1S/C21H29N3O5S/c1-5-10-30(26,27)13-18-15(3)19(16-11-14(2)20(25)24(4)12-16)23-21(22-18)29-17-6-8-28-9-7-17/h11-12,17H,5-10,13H2,1-4H3. The third kappa shape index (κ3) is 5.26. The van der Waals surface area contributed by atoms with Gasteiger partial charge in [0.05, 0.1) is 36.1 Å². The van der Waals surface area contributed by atoms with Crippen LogP contribution in [0, 0.1) is 13.8 Å². The third-order valence-electron chi connectivity index (χ3n) is 5.17. The van der Waals surface area contributed by atoms with Crippen LogP contribution in [-0.2, 0) is 27.4 Å². The molecule has 9 heteroatoms. The summed E-state index contributed by atoms with van der Waals surface area (Å²) in [6, 6.07) is 1.93. The van der Waals surface area contributed by atoms with Crippen molar-refractivity contribution in [2.24, 2.45) is 7.05 Å². The second-order valence-electron chi connectivity index (χ2n) is 7.78. The number of ether oxygens (including phenoxy) is 2. The van der Waals surface area contributed by atoms with E-state index in [1.807, 2.05) is 13.8 Å². The van der Waals surface area contributed by atoms with Crippen LogP contribution in [0.2, 0.25) is 0 Å². The van der Waals surface area contributed by atoms with Crippen molar-refractivity contribution in [3.8, 4) is 17.3 Å². The molecule has 1 saturated heterocycles. The molecule has 0 N–H and O–H groups in total. The van der Waals surface area contributed by atoms with Crippen LogP contribution in [0.1, 0.15) is 43.0 Å². The van der Waals surface area contributed by atoms with Gasteiger partial charge in [-0.1, -0.05) is 6.92 Å². The van der Waals surface area contributed by atoms with E-state index in [1.54, 1.807) is 26.2 Å². The summed E-state index contributed by atoms with van der Waals surface area (Å²) in [6.07, 6.45) is 3.64. The van der Waals surface area contributed by atoms with E-state index < -0.39 is 9.84 Å². The van der Waals surface area contributed by atoms with Gasteiger partial charge < -0.3 is 14.0 Å². The fraction of sp³-hybridized carbons (Fsp3) is 0.571. The molecule has 3 heterocycles. The molecular weight excluding hydrogens is 406 g/mol. The lowest BCUT2D eigenvalue weighted by Gasteiger charge is -2.23. The Morgan fingerprint density at radius 2 is 1.93 bits per heavy atom. The van der Waals surface area contributed by atoms with E-state index in [0.717, 1.165) is 18.4 Å². The first-order valence-electron chi connectivity index (χ1n) is 10.2. The van der Waals surface area contributed by atoms with E-state index in [4.69, 9.17) is 9.47 Å². The Morgan fingerprint density at radius 1 is 1.23 bits per heavy atom. The zero-order valence-electron chi connectivity index (χ0n) is 18.0. The topological polar surface area (TPSA) is 100 Å². The van der Waals surface area contributed by atoms with Gasteiger partial charge in [0.25, 0.3) is 5.56 Å². The summed E-state index contributed by atoms with van der Waals surface area (Å²) >= 11 is 0. The van der Waals surface area contributed by atoms with Crippen LogP contribution in [0.25, 0.3) is 11.3 Å². The molecule has 2 aromatic rings. The number of aryl methyl sites for hydroxylation is 2. The van der Waals surface area contributed by atoms with Gasteiger partial charge in [0.15, 0.2) is 9.84 Å². The van der Waals surface area contributed by atoms with Crippen LogP contribution in [-0.4, -0.2) is 48.0 Å². The molecule has 1 aliphatic heterocycles. The fourth-order valence-electron chi connectivity index (χ4n) is 3.56. The normalized spacial score (nSPS) is 15.3. The molecule has 1 fully saturated rings. The highest BCUT2D eigenvalue weighted by atomic mass is 32.2. The summed E-state index contributed by atoms with van der Waals surface area (Å²) in [7, 11) is -1.62. The van der Waals surface area contributed by atoms with E-state index in [2.05, 4.69) is 9.97 Å². The van der Waals surface area contributed by atoms with Crippen LogP contribution < -0.4 is 10.3 Å². The molecule has 0 aliphatic carbocycles. The van der Waals surface area contributed by atoms with E-state index in [0.29, 0.717) is 42.1 Å². The molecule has 2 aromatic heterocycles. The van der Waals surface area contributed by atoms with E-state index >= 15 is 0 Å². The molecule has 0 spiro atoms. The third-order valence-corrected chi connectivity index (χ3v) is 6.92. The maximum absolute atomic E-state index is 12.5. The lowest BCUT2D eigenvalue weighted by atomic mass is 10.1. The van der Waals surface area contributed by atoms with E-state index in [9.17, 15) is 13.2 Å². The maximum Gasteiger partial charge on any atom is 0.317 e. The highest BCUT2D eigenvalue weighted by molar-refractivity contribution is 7.90. The average molecular weight is 436 g/mol. The molecular formula is C21H29N3O5S. The molecule has 0 radical (unpaired) electrons. The molecule has 30 heavy (non-hydrogen) atoms. The van der Waals surface area contributed by atoms with Crippen molar-refractivity contribution in [1.82, 2.24) is 14.5 Å². The van der Waals surface area contributed by atoms with Gasteiger partial charge in [0, 0.05) is 37.2 Å². The van der Waals surface area contributed by atoms with Crippen molar-refractivity contribution in [3.05, 3.63) is 39.4 Å². The Labute approximate surface area is 177 Å². The van der Waals surface area contributed by atoms with Gasteiger partial charge in [-0.3, -0.25) is 4.79 Å². The zero-order chi connectivity index (χ0) is 21.9. The molecule has 164 valence electrons. The summed E-state index contributed by atoms with van der Waals surface area (Å²) in [4.78, 5) is 21.2. The van der Waals surface area contributed by atoms with Gasteiger partial charge in [-0.25, -0.2) is 8.42 Å². The Morgan fingerprint density at radius 3 is 2.57 bits per heavy atom. The molecule has 0 unspecified atom stereocenters. The lowest BCUT2D eigenvalue weighted by Crippen LogP contribution is -2.27. The predicted molar refractivity (Wildman–Crippen MR) is 114 cm³/mol. The molecule has 0 amide bonds. The molecule has 1 aliphatic rings. The smallest absolute Gasteiger partial charge is 0.317 e. The van der Waals surface area contributed by atoms with Gasteiger partial charge in [-0.05, 0) is 31.9 Å². The van der Waals surface area contributed by atoms with Crippen molar-refractivity contribution < 1.29 is 17.9 Å². The molecule has 0 atom stereocenters. The molecule has 0 aromatic carbocycles. The molecule has 0 bridgehead atoms. The largest absolute Gasteiger partial charge is 0.460 e. The number of hydrogen-bond donors (Lipinski definition) is 0. The Bertz CT molecular complexity index is 1050. The predicted octanol–water partition coefficient (Wildman–Crippen LogP) is 2.34. The van der Waals surface area contributed by atoms with Crippen molar-refractivity contribution in [2.75, 3.05) is 19.0 Å². The second-order valence-corrected chi connectivity index (χ2v) is 9.96. The number of aromatic nitrogens is 3. The van der Waals surface area contributed by atoms with Crippen molar-refractivity contribution in [1.29, 1.82) is 0 Å². The van der Waals surface area contributed by atoms with Gasteiger partial charge in [0.1, 0.15) is 6.10 Å². The SMILES string of the molecule is CCCS(=O)(=O)Cc1nc(OC2CCOCC2)nc(-c2cc(C)c(=O)n(C)c2)c1C. The minimum atomic E-state index is -3.30. The first-order chi connectivity index (χ1) is 14.2. The van der Waals surface area contributed by atoms with Crippen LogP contribution >= 0.6 is 0 Å². The van der Waals surface area contributed by atoms with Crippen molar-refractivity contribution in [3.63, 3.8) is 0 Å². The summed E-state index contributed by atoms with van der Waals surface area (Å²) < 4.78 is 37.9. The second kappa shape index (κ2) is 9.26. The Balaban J connectivity index is 2.08. The van der Waals surface area contributed by atoms with E-state index in [1.165, 1.54) is 4.57 Å². The lowest BCUT2D eigenvalue weighted by molar-refractivity contribution is 0.0217. The quantitative estimate of drug-likeness (QED) is 0.658. The van der Waals surface area contributed by atoms with Crippen LogP contribution in [0.3, 0.4) is 0 Å². The summed E-state index contributed by atoms with van der Waals surface area (Å²) in [5.74, 6) is -0.0715. The highest BCUT2D eigenvalue weighted by Crippen LogP contribution is 2.27. The van der Waals surface area contributed by atoms with E-state index in [-0.39, 0.29) is 29.2 Å². The first-order valence-corrected chi connectivity index (χ1v) is 12.0.